The molecule has 1 heterocycles. The monoisotopic (exact) mass is 345 g/mol. The first-order valence-corrected chi connectivity index (χ1v) is 9.61. The summed E-state index contributed by atoms with van der Waals surface area (Å²) in [6.07, 6.45) is 2.46. The molecule has 0 saturated carbocycles. The van der Waals surface area contributed by atoms with Crippen LogP contribution in [0.5, 0.6) is 11.5 Å². The molecule has 1 unspecified atom stereocenters. The molecule has 2 aromatic rings. The standard InChI is InChI=1S/C18H19NO4S/c20-24(21,19-16-8-6-13-4-1-2-5-15(13)16)14-7-9-17-18(12-14)23-11-3-10-22-17/h1-2,4-5,7,9,12,16,19H,3,6,8,10-11H2. The lowest BCUT2D eigenvalue weighted by molar-refractivity contribution is 0.297. The van der Waals surface area contributed by atoms with Gasteiger partial charge in [0.15, 0.2) is 11.5 Å². The molecule has 4 rings (SSSR count). The number of hydrogen-bond acceptors (Lipinski definition) is 4. The molecule has 126 valence electrons. The summed E-state index contributed by atoms with van der Waals surface area (Å²) in [5.41, 5.74) is 2.28. The van der Waals surface area contributed by atoms with Crippen molar-refractivity contribution in [2.24, 2.45) is 0 Å². The fourth-order valence-corrected chi connectivity index (χ4v) is 4.51. The molecule has 2 aliphatic rings. The van der Waals surface area contributed by atoms with E-state index in [9.17, 15) is 8.42 Å². The van der Waals surface area contributed by atoms with Gasteiger partial charge in [-0.25, -0.2) is 13.1 Å². The lowest BCUT2D eigenvalue weighted by Gasteiger charge is -2.15. The molecular formula is C18H19NO4S. The van der Waals surface area contributed by atoms with E-state index in [0.29, 0.717) is 24.7 Å². The van der Waals surface area contributed by atoms with Gasteiger partial charge in [0.25, 0.3) is 0 Å². The lowest BCUT2D eigenvalue weighted by Crippen LogP contribution is -2.27. The molecule has 0 amide bonds. The Bertz CT molecular complexity index is 863. The Morgan fingerprint density at radius 1 is 1.00 bits per heavy atom. The fourth-order valence-electron chi connectivity index (χ4n) is 3.25. The maximum atomic E-state index is 12.8. The third-order valence-electron chi connectivity index (χ3n) is 4.46. The van der Waals surface area contributed by atoms with Gasteiger partial charge in [-0.3, -0.25) is 0 Å². The highest BCUT2D eigenvalue weighted by atomic mass is 32.2. The first-order chi connectivity index (χ1) is 11.6. The summed E-state index contributed by atoms with van der Waals surface area (Å²) in [4.78, 5) is 0.205. The van der Waals surface area contributed by atoms with Crippen LogP contribution in [0.1, 0.15) is 30.0 Å². The maximum Gasteiger partial charge on any atom is 0.241 e. The summed E-state index contributed by atoms with van der Waals surface area (Å²) in [5.74, 6) is 1.08. The van der Waals surface area contributed by atoms with Crippen LogP contribution in [0.15, 0.2) is 47.4 Å². The number of benzene rings is 2. The third kappa shape index (κ3) is 2.87. The molecule has 2 aromatic carbocycles. The molecule has 1 N–H and O–H groups in total. The number of nitrogens with one attached hydrogen (secondary N) is 1. The second-order valence-electron chi connectivity index (χ2n) is 6.07. The van der Waals surface area contributed by atoms with Crippen molar-refractivity contribution in [2.75, 3.05) is 13.2 Å². The summed E-state index contributed by atoms with van der Waals surface area (Å²) in [6, 6.07) is 12.6. The van der Waals surface area contributed by atoms with Crippen molar-refractivity contribution in [1.29, 1.82) is 0 Å². The molecule has 1 atom stereocenters. The van der Waals surface area contributed by atoms with Crippen molar-refractivity contribution in [2.45, 2.75) is 30.2 Å². The van der Waals surface area contributed by atoms with Crippen LogP contribution in [0, 0.1) is 0 Å². The molecule has 1 aliphatic carbocycles. The first-order valence-electron chi connectivity index (χ1n) is 8.13. The Morgan fingerprint density at radius 3 is 2.67 bits per heavy atom. The summed E-state index contributed by atoms with van der Waals surface area (Å²) >= 11 is 0. The lowest BCUT2D eigenvalue weighted by atomic mass is 10.1. The molecule has 0 spiro atoms. The van der Waals surface area contributed by atoms with Gasteiger partial charge >= 0.3 is 0 Å². The van der Waals surface area contributed by atoms with E-state index in [-0.39, 0.29) is 10.9 Å². The van der Waals surface area contributed by atoms with Gasteiger partial charge in [0.05, 0.1) is 18.1 Å². The van der Waals surface area contributed by atoms with E-state index < -0.39 is 10.0 Å². The van der Waals surface area contributed by atoms with Crippen LogP contribution in [0.2, 0.25) is 0 Å². The summed E-state index contributed by atoms with van der Waals surface area (Å²) < 4.78 is 39.5. The first kappa shape index (κ1) is 15.5. The third-order valence-corrected chi connectivity index (χ3v) is 5.93. The normalized spacial score (nSPS) is 19.6. The topological polar surface area (TPSA) is 64.6 Å². The number of sulfonamides is 1. The van der Waals surface area contributed by atoms with Crippen molar-refractivity contribution in [3.63, 3.8) is 0 Å². The van der Waals surface area contributed by atoms with E-state index in [4.69, 9.17) is 9.47 Å². The van der Waals surface area contributed by atoms with Gasteiger partial charge in [-0.1, -0.05) is 24.3 Å². The smallest absolute Gasteiger partial charge is 0.241 e. The van der Waals surface area contributed by atoms with Crippen LogP contribution in [0.25, 0.3) is 0 Å². The summed E-state index contributed by atoms with van der Waals surface area (Å²) in [6.45, 7) is 1.11. The number of fused-ring (bicyclic) bond motifs is 2. The van der Waals surface area contributed by atoms with Crippen molar-refractivity contribution in [3.8, 4) is 11.5 Å². The summed E-state index contributed by atoms with van der Waals surface area (Å²) in [7, 11) is -3.62. The Labute approximate surface area is 141 Å². The molecule has 1 aliphatic heterocycles. The predicted molar refractivity (Wildman–Crippen MR) is 89.9 cm³/mol. The highest BCUT2D eigenvalue weighted by Gasteiger charge is 2.28. The van der Waals surface area contributed by atoms with E-state index in [1.807, 2.05) is 18.2 Å². The quantitative estimate of drug-likeness (QED) is 0.929. The molecule has 0 radical (unpaired) electrons. The van der Waals surface area contributed by atoms with E-state index in [1.165, 1.54) is 5.56 Å². The van der Waals surface area contributed by atoms with Gasteiger partial charge in [0, 0.05) is 18.5 Å². The van der Waals surface area contributed by atoms with Crippen molar-refractivity contribution in [1.82, 2.24) is 4.72 Å². The number of rotatable bonds is 3. The van der Waals surface area contributed by atoms with Gasteiger partial charge in [0.1, 0.15) is 0 Å². The Hall–Kier alpha value is -2.05. The predicted octanol–water partition coefficient (Wildman–Crippen LogP) is 2.81. The molecular weight excluding hydrogens is 326 g/mol. The number of ether oxygens (including phenoxy) is 2. The van der Waals surface area contributed by atoms with Gasteiger partial charge in [0.2, 0.25) is 10.0 Å². The van der Waals surface area contributed by atoms with Crippen molar-refractivity contribution in [3.05, 3.63) is 53.6 Å². The minimum absolute atomic E-state index is 0.179. The highest BCUT2D eigenvalue weighted by molar-refractivity contribution is 7.89. The zero-order chi connectivity index (χ0) is 16.6. The Morgan fingerprint density at radius 2 is 1.79 bits per heavy atom. The van der Waals surface area contributed by atoms with Crippen LogP contribution >= 0.6 is 0 Å². The van der Waals surface area contributed by atoms with Crippen LogP contribution in [0.3, 0.4) is 0 Å². The van der Waals surface area contributed by atoms with Crippen LogP contribution < -0.4 is 14.2 Å². The molecule has 0 aromatic heterocycles. The molecule has 5 nitrogen and oxygen atoms in total. The Kier molecular flexibility index (Phi) is 3.94. The average Bonchev–Trinajstić information content (AvgIpc) is 2.83. The maximum absolute atomic E-state index is 12.8. The van der Waals surface area contributed by atoms with Crippen molar-refractivity contribution >= 4 is 10.0 Å². The van der Waals surface area contributed by atoms with E-state index in [0.717, 1.165) is 24.8 Å². The van der Waals surface area contributed by atoms with Gasteiger partial charge in [-0.05, 0) is 36.1 Å². The average molecular weight is 345 g/mol. The second kappa shape index (κ2) is 6.11. The zero-order valence-electron chi connectivity index (χ0n) is 13.2. The fraction of sp³-hybridized carbons (Fsp3) is 0.333. The largest absolute Gasteiger partial charge is 0.490 e. The van der Waals surface area contributed by atoms with E-state index in [1.54, 1.807) is 18.2 Å². The van der Waals surface area contributed by atoms with E-state index in [2.05, 4.69) is 10.8 Å². The minimum Gasteiger partial charge on any atom is -0.490 e. The van der Waals surface area contributed by atoms with Crippen LogP contribution in [-0.2, 0) is 16.4 Å². The molecule has 0 saturated heterocycles. The number of aryl methyl sites for hydroxylation is 1. The number of hydrogen-bond donors (Lipinski definition) is 1. The molecule has 24 heavy (non-hydrogen) atoms. The molecule has 0 fully saturated rings. The van der Waals surface area contributed by atoms with Gasteiger partial charge < -0.3 is 9.47 Å². The SMILES string of the molecule is O=S(=O)(NC1CCc2ccccc21)c1ccc2c(c1)OCCCO2. The van der Waals surface area contributed by atoms with Gasteiger partial charge in [-0.15, -0.1) is 0 Å². The highest BCUT2D eigenvalue weighted by Crippen LogP contribution is 2.34. The van der Waals surface area contributed by atoms with Gasteiger partial charge in [-0.2, -0.15) is 0 Å². The van der Waals surface area contributed by atoms with E-state index >= 15 is 0 Å². The Balaban J connectivity index is 1.61. The minimum atomic E-state index is -3.62. The zero-order valence-corrected chi connectivity index (χ0v) is 14.0. The van der Waals surface area contributed by atoms with Crippen molar-refractivity contribution < 1.29 is 17.9 Å². The second-order valence-corrected chi connectivity index (χ2v) is 7.78. The molecule has 0 bridgehead atoms. The summed E-state index contributed by atoms with van der Waals surface area (Å²) in [5, 5.41) is 0. The molecule has 6 heteroatoms. The van der Waals surface area contributed by atoms with Crippen LogP contribution in [0.4, 0.5) is 0 Å². The van der Waals surface area contributed by atoms with Crippen LogP contribution in [-0.4, -0.2) is 21.6 Å².